The molecule has 86 valence electrons. The lowest BCUT2D eigenvalue weighted by Gasteiger charge is -2.23. The van der Waals surface area contributed by atoms with Crippen molar-refractivity contribution in [2.75, 3.05) is 24.5 Å². The Morgan fingerprint density at radius 1 is 1.44 bits per heavy atom. The highest BCUT2D eigenvalue weighted by Crippen LogP contribution is 2.21. The second-order valence-corrected chi connectivity index (χ2v) is 3.94. The van der Waals surface area contributed by atoms with E-state index in [0.29, 0.717) is 6.54 Å². The van der Waals surface area contributed by atoms with Crippen molar-refractivity contribution < 1.29 is 9.90 Å². The summed E-state index contributed by atoms with van der Waals surface area (Å²) in [6, 6.07) is 8.16. The summed E-state index contributed by atoms with van der Waals surface area (Å²) in [4.78, 5) is 12.7. The van der Waals surface area contributed by atoms with Crippen LogP contribution in [0.1, 0.15) is 12.0 Å². The van der Waals surface area contributed by atoms with Crippen molar-refractivity contribution in [1.29, 1.82) is 0 Å². The number of carbonyl (C=O) groups is 1. The normalized spacial score (nSPS) is 15.4. The molecule has 0 saturated heterocycles. The second kappa shape index (κ2) is 4.99. The number of hydrogen-bond donors (Lipinski definition) is 2. The summed E-state index contributed by atoms with van der Waals surface area (Å²) in [5.41, 5.74) is 2.40. The molecule has 0 fully saturated rings. The Labute approximate surface area is 94.9 Å². The number of carboxylic acid groups (broad SMARTS) is 1. The van der Waals surface area contributed by atoms with Gasteiger partial charge in [-0.15, -0.1) is 0 Å². The maximum Gasteiger partial charge on any atom is 0.305 e. The molecule has 0 unspecified atom stereocenters. The van der Waals surface area contributed by atoms with E-state index in [1.54, 1.807) is 0 Å². The van der Waals surface area contributed by atoms with E-state index in [-0.39, 0.29) is 6.42 Å². The average Bonchev–Trinajstić information content (AvgIpc) is 2.48. The van der Waals surface area contributed by atoms with Crippen molar-refractivity contribution in [3.05, 3.63) is 29.8 Å². The molecule has 0 amide bonds. The van der Waals surface area contributed by atoms with Gasteiger partial charge < -0.3 is 15.3 Å². The van der Waals surface area contributed by atoms with E-state index in [1.807, 2.05) is 12.1 Å². The molecule has 2 N–H and O–H groups in total. The highest BCUT2D eigenvalue weighted by molar-refractivity contribution is 5.68. The molecule has 1 aliphatic heterocycles. The van der Waals surface area contributed by atoms with Crippen LogP contribution in [0.3, 0.4) is 0 Å². The molecule has 4 nitrogen and oxygen atoms in total. The number of para-hydroxylation sites is 1. The zero-order chi connectivity index (χ0) is 11.4. The van der Waals surface area contributed by atoms with Crippen LogP contribution in [0.15, 0.2) is 24.3 Å². The maximum atomic E-state index is 10.6. The summed E-state index contributed by atoms with van der Waals surface area (Å²) in [6.07, 6.45) is 0.189. The molecule has 1 heterocycles. The minimum atomic E-state index is -0.741. The monoisotopic (exact) mass is 220 g/mol. The second-order valence-electron chi connectivity index (χ2n) is 3.94. The fourth-order valence-electron chi connectivity index (χ4n) is 1.99. The average molecular weight is 220 g/mol. The Morgan fingerprint density at radius 2 is 2.25 bits per heavy atom. The first-order valence-corrected chi connectivity index (χ1v) is 5.53. The van der Waals surface area contributed by atoms with Crippen LogP contribution >= 0.6 is 0 Å². The molecule has 4 heteroatoms. The highest BCUT2D eigenvalue weighted by atomic mass is 16.4. The van der Waals surface area contributed by atoms with Crippen molar-refractivity contribution in [1.82, 2.24) is 5.32 Å². The van der Waals surface area contributed by atoms with E-state index in [2.05, 4.69) is 22.3 Å². The standard InChI is InChI=1S/C12H16N2O2/c15-12(16)5-7-14-8-6-13-9-10-3-1-2-4-11(10)14/h1-4,13H,5-9H2,(H,15,16). The van der Waals surface area contributed by atoms with Crippen LogP contribution in [0.25, 0.3) is 0 Å². The third-order valence-electron chi connectivity index (χ3n) is 2.80. The van der Waals surface area contributed by atoms with Gasteiger partial charge in [0, 0.05) is 31.9 Å². The van der Waals surface area contributed by atoms with E-state index in [1.165, 1.54) is 5.56 Å². The van der Waals surface area contributed by atoms with Crippen molar-refractivity contribution >= 4 is 11.7 Å². The summed E-state index contributed by atoms with van der Waals surface area (Å²) in [6.45, 7) is 3.20. The Kier molecular flexibility index (Phi) is 3.41. The summed E-state index contributed by atoms with van der Waals surface area (Å²) >= 11 is 0. The van der Waals surface area contributed by atoms with E-state index in [9.17, 15) is 4.79 Å². The lowest BCUT2D eigenvalue weighted by molar-refractivity contribution is -0.136. The number of nitrogens with one attached hydrogen (secondary N) is 1. The summed E-state index contributed by atoms with van der Waals surface area (Å²) in [5, 5.41) is 12.1. The van der Waals surface area contributed by atoms with Crippen LogP contribution in [0.2, 0.25) is 0 Å². The van der Waals surface area contributed by atoms with Crippen LogP contribution in [-0.4, -0.2) is 30.7 Å². The molecule has 0 bridgehead atoms. The van der Waals surface area contributed by atoms with Gasteiger partial charge >= 0.3 is 5.97 Å². The quantitative estimate of drug-likeness (QED) is 0.800. The number of anilines is 1. The third-order valence-corrected chi connectivity index (χ3v) is 2.80. The van der Waals surface area contributed by atoms with E-state index >= 15 is 0 Å². The zero-order valence-electron chi connectivity index (χ0n) is 9.15. The molecule has 0 aliphatic carbocycles. The molecule has 1 aliphatic rings. The Bertz CT molecular complexity index is 379. The predicted octanol–water partition coefficient (Wildman–Crippen LogP) is 1.07. The topological polar surface area (TPSA) is 52.6 Å². The van der Waals surface area contributed by atoms with E-state index < -0.39 is 5.97 Å². The first kappa shape index (κ1) is 11.0. The van der Waals surface area contributed by atoms with Crippen molar-refractivity contribution in [3.8, 4) is 0 Å². The van der Waals surface area contributed by atoms with Gasteiger partial charge in [-0.05, 0) is 11.6 Å². The molecule has 0 atom stereocenters. The van der Waals surface area contributed by atoms with Gasteiger partial charge in [-0.3, -0.25) is 4.79 Å². The van der Waals surface area contributed by atoms with Crippen LogP contribution < -0.4 is 10.2 Å². The Morgan fingerprint density at radius 3 is 3.06 bits per heavy atom. The number of benzene rings is 1. The maximum absolute atomic E-state index is 10.6. The van der Waals surface area contributed by atoms with Crippen LogP contribution in [0.4, 0.5) is 5.69 Å². The fraction of sp³-hybridized carbons (Fsp3) is 0.417. The molecule has 2 rings (SSSR count). The first-order valence-electron chi connectivity index (χ1n) is 5.53. The molecule has 16 heavy (non-hydrogen) atoms. The predicted molar refractivity (Wildman–Crippen MR) is 62.6 cm³/mol. The molecule has 0 spiro atoms. The number of fused-ring (bicyclic) bond motifs is 1. The van der Waals surface area contributed by atoms with Gasteiger partial charge in [0.15, 0.2) is 0 Å². The van der Waals surface area contributed by atoms with Crippen LogP contribution in [0, 0.1) is 0 Å². The van der Waals surface area contributed by atoms with E-state index in [4.69, 9.17) is 5.11 Å². The van der Waals surface area contributed by atoms with Crippen LogP contribution in [-0.2, 0) is 11.3 Å². The van der Waals surface area contributed by atoms with E-state index in [0.717, 1.165) is 25.3 Å². The van der Waals surface area contributed by atoms with Gasteiger partial charge in [-0.1, -0.05) is 18.2 Å². The molecule has 1 aromatic carbocycles. The minimum Gasteiger partial charge on any atom is -0.481 e. The fourth-order valence-corrected chi connectivity index (χ4v) is 1.99. The number of rotatable bonds is 3. The third kappa shape index (κ3) is 2.52. The van der Waals surface area contributed by atoms with Gasteiger partial charge in [0.1, 0.15) is 0 Å². The zero-order valence-corrected chi connectivity index (χ0v) is 9.15. The molecule has 0 saturated carbocycles. The highest BCUT2D eigenvalue weighted by Gasteiger charge is 2.14. The number of aliphatic carboxylic acids is 1. The lowest BCUT2D eigenvalue weighted by Crippen LogP contribution is -2.30. The molecule has 1 aromatic rings. The van der Waals surface area contributed by atoms with Crippen molar-refractivity contribution in [2.24, 2.45) is 0 Å². The van der Waals surface area contributed by atoms with Gasteiger partial charge in [0.2, 0.25) is 0 Å². The largest absolute Gasteiger partial charge is 0.481 e. The molecule has 0 aromatic heterocycles. The van der Waals surface area contributed by atoms with Gasteiger partial charge in [0.05, 0.1) is 6.42 Å². The number of hydrogen-bond acceptors (Lipinski definition) is 3. The lowest BCUT2D eigenvalue weighted by atomic mass is 10.1. The molecular formula is C12H16N2O2. The molecular weight excluding hydrogens is 204 g/mol. The van der Waals surface area contributed by atoms with Gasteiger partial charge in [-0.2, -0.15) is 0 Å². The van der Waals surface area contributed by atoms with Crippen molar-refractivity contribution in [2.45, 2.75) is 13.0 Å². The molecule has 0 radical (unpaired) electrons. The number of nitrogens with zero attached hydrogens (tertiary/aromatic N) is 1. The first-order chi connectivity index (χ1) is 7.77. The number of carboxylic acids is 1. The Balaban J connectivity index is 2.15. The van der Waals surface area contributed by atoms with Crippen molar-refractivity contribution in [3.63, 3.8) is 0 Å². The van der Waals surface area contributed by atoms with Crippen LogP contribution in [0.5, 0.6) is 0 Å². The van der Waals surface area contributed by atoms with Gasteiger partial charge in [0.25, 0.3) is 0 Å². The minimum absolute atomic E-state index is 0.189. The summed E-state index contributed by atoms with van der Waals surface area (Å²) < 4.78 is 0. The summed E-state index contributed by atoms with van der Waals surface area (Å²) in [7, 11) is 0. The smallest absolute Gasteiger partial charge is 0.305 e. The SMILES string of the molecule is O=C(O)CCN1CCNCc2ccccc21. The summed E-state index contributed by atoms with van der Waals surface area (Å²) in [5.74, 6) is -0.741. The van der Waals surface area contributed by atoms with Gasteiger partial charge in [-0.25, -0.2) is 0 Å². The Hall–Kier alpha value is -1.55.